The summed E-state index contributed by atoms with van der Waals surface area (Å²) in [6.45, 7) is 0. The zero-order chi connectivity index (χ0) is 15.2. The maximum Gasteiger partial charge on any atom is 0.423 e. The molecule has 0 bridgehead atoms. The molecule has 0 radical (unpaired) electrons. The molecule has 0 saturated carbocycles. The van der Waals surface area contributed by atoms with Crippen LogP contribution in [0.25, 0.3) is 0 Å². The molecule has 0 unspecified atom stereocenters. The van der Waals surface area contributed by atoms with Crippen LogP contribution in [0.4, 0.5) is 37.7 Å². The Morgan fingerprint density at radius 3 is 1.95 bits per heavy atom. The molecule has 1 aromatic carbocycles. The van der Waals surface area contributed by atoms with Crippen molar-refractivity contribution in [2.24, 2.45) is 0 Å². The SMILES string of the molecule is Nc1c([N+](=O)[O-])c(C(F)(F)F)cc(O)c1C(F)(F)F. The minimum absolute atomic E-state index is 0.378. The third-order valence-corrected chi connectivity index (χ3v) is 2.09. The smallest absolute Gasteiger partial charge is 0.423 e. The molecule has 106 valence electrons. The average molecular weight is 290 g/mol. The van der Waals surface area contributed by atoms with Crippen LogP contribution < -0.4 is 5.73 Å². The van der Waals surface area contributed by atoms with E-state index in [2.05, 4.69) is 0 Å². The fourth-order valence-electron chi connectivity index (χ4n) is 1.39. The summed E-state index contributed by atoms with van der Waals surface area (Å²) in [4.78, 5) is 8.77. The van der Waals surface area contributed by atoms with E-state index < -0.39 is 45.5 Å². The normalized spacial score (nSPS) is 12.5. The average Bonchev–Trinajstić information content (AvgIpc) is 2.11. The second-order valence-electron chi connectivity index (χ2n) is 3.33. The van der Waals surface area contributed by atoms with Gasteiger partial charge in [0, 0.05) is 0 Å². The number of phenols is 1. The lowest BCUT2D eigenvalue weighted by atomic mass is 10.0. The first kappa shape index (κ1) is 14.9. The van der Waals surface area contributed by atoms with Crippen LogP contribution in [0.5, 0.6) is 5.75 Å². The van der Waals surface area contributed by atoms with E-state index in [0.29, 0.717) is 0 Å². The number of aromatic hydroxyl groups is 1. The van der Waals surface area contributed by atoms with Crippen LogP contribution in [0, 0.1) is 10.1 Å². The summed E-state index contributed by atoms with van der Waals surface area (Å²) in [7, 11) is 0. The number of nitrogens with zero attached hydrogens (tertiary/aromatic N) is 1. The van der Waals surface area contributed by atoms with Gasteiger partial charge in [-0.2, -0.15) is 26.3 Å². The molecule has 19 heavy (non-hydrogen) atoms. The lowest BCUT2D eigenvalue weighted by Gasteiger charge is -2.15. The van der Waals surface area contributed by atoms with Crippen molar-refractivity contribution in [2.45, 2.75) is 12.4 Å². The van der Waals surface area contributed by atoms with Gasteiger partial charge < -0.3 is 10.8 Å². The van der Waals surface area contributed by atoms with E-state index in [0.717, 1.165) is 0 Å². The number of hydrogen-bond donors (Lipinski definition) is 2. The van der Waals surface area contributed by atoms with Crippen LogP contribution in [0.2, 0.25) is 0 Å². The van der Waals surface area contributed by atoms with Gasteiger partial charge in [-0.3, -0.25) is 10.1 Å². The number of alkyl halides is 6. The number of anilines is 1. The van der Waals surface area contributed by atoms with Gasteiger partial charge in [-0.1, -0.05) is 0 Å². The monoisotopic (exact) mass is 290 g/mol. The molecule has 0 aromatic heterocycles. The van der Waals surface area contributed by atoms with Crippen molar-refractivity contribution < 1.29 is 36.4 Å². The number of benzene rings is 1. The Morgan fingerprint density at radius 2 is 1.63 bits per heavy atom. The number of nitrogen functional groups attached to an aromatic ring is 1. The molecule has 0 fully saturated rings. The number of rotatable bonds is 1. The van der Waals surface area contributed by atoms with Crippen molar-refractivity contribution >= 4 is 11.4 Å². The molecule has 1 aromatic rings. The molecule has 3 N–H and O–H groups in total. The van der Waals surface area contributed by atoms with Gasteiger partial charge in [0.15, 0.2) is 0 Å². The molecule has 11 heteroatoms. The molecule has 0 amide bonds. The van der Waals surface area contributed by atoms with Gasteiger partial charge in [0.1, 0.15) is 22.6 Å². The summed E-state index contributed by atoms with van der Waals surface area (Å²) >= 11 is 0. The number of nitrogens with two attached hydrogens (primary N) is 1. The zero-order valence-corrected chi connectivity index (χ0v) is 8.63. The summed E-state index contributed by atoms with van der Waals surface area (Å²) in [5, 5.41) is 19.4. The van der Waals surface area contributed by atoms with Crippen LogP contribution in [0.3, 0.4) is 0 Å². The maximum atomic E-state index is 12.4. The highest BCUT2D eigenvalue weighted by Crippen LogP contribution is 2.49. The summed E-state index contributed by atoms with van der Waals surface area (Å²) in [5.41, 5.74) is -3.12. The molecule has 0 spiro atoms. The molecule has 0 aliphatic heterocycles. The predicted octanol–water partition coefficient (Wildman–Crippen LogP) is 2.92. The number of halogens is 6. The standard InChI is InChI=1S/C8H4F6N2O3/c9-7(10,11)2-1-3(17)4(8(12,13)14)5(15)6(2)16(18)19/h1,17H,15H2. The van der Waals surface area contributed by atoms with E-state index in [4.69, 9.17) is 10.8 Å². The molecule has 1 rings (SSSR count). The van der Waals surface area contributed by atoms with Gasteiger partial charge in [0.25, 0.3) is 0 Å². The molecule has 0 atom stereocenters. The Balaban J connectivity index is 3.81. The van der Waals surface area contributed by atoms with Crippen LogP contribution >= 0.6 is 0 Å². The van der Waals surface area contributed by atoms with E-state index in [1.807, 2.05) is 0 Å². The first-order valence-electron chi connectivity index (χ1n) is 4.31. The van der Waals surface area contributed by atoms with Crippen molar-refractivity contribution in [1.29, 1.82) is 0 Å². The number of hydrogen-bond acceptors (Lipinski definition) is 4. The third kappa shape index (κ3) is 2.63. The second kappa shape index (κ2) is 4.17. The van der Waals surface area contributed by atoms with Gasteiger partial charge >= 0.3 is 18.0 Å². The van der Waals surface area contributed by atoms with E-state index in [9.17, 15) is 36.5 Å². The Labute approximate surface area is 99.9 Å². The van der Waals surface area contributed by atoms with Crippen LogP contribution in [0.1, 0.15) is 11.1 Å². The molecule has 5 nitrogen and oxygen atoms in total. The summed E-state index contributed by atoms with van der Waals surface area (Å²) < 4.78 is 74.6. The molecule has 0 aliphatic carbocycles. The predicted molar refractivity (Wildman–Crippen MR) is 49.2 cm³/mol. The van der Waals surface area contributed by atoms with Crippen molar-refractivity contribution in [1.82, 2.24) is 0 Å². The topological polar surface area (TPSA) is 89.4 Å². The van der Waals surface area contributed by atoms with Gasteiger partial charge in [-0.15, -0.1) is 0 Å². The fourth-order valence-corrected chi connectivity index (χ4v) is 1.39. The molecule has 0 saturated heterocycles. The van der Waals surface area contributed by atoms with Crippen LogP contribution in [0.15, 0.2) is 6.07 Å². The zero-order valence-electron chi connectivity index (χ0n) is 8.63. The molecular formula is C8H4F6N2O3. The number of nitro benzene ring substituents is 1. The van der Waals surface area contributed by atoms with E-state index in [1.165, 1.54) is 0 Å². The van der Waals surface area contributed by atoms with Gasteiger partial charge in [-0.25, -0.2) is 0 Å². The lowest BCUT2D eigenvalue weighted by Crippen LogP contribution is -2.16. The van der Waals surface area contributed by atoms with Crippen molar-refractivity contribution in [3.8, 4) is 5.75 Å². The van der Waals surface area contributed by atoms with Crippen molar-refractivity contribution in [3.05, 3.63) is 27.3 Å². The first-order valence-corrected chi connectivity index (χ1v) is 4.31. The Bertz CT molecular complexity index is 537. The Kier molecular flexibility index (Phi) is 3.26. The molecule has 0 aliphatic rings. The summed E-state index contributed by atoms with van der Waals surface area (Å²) in [6, 6.07) is -0.378. The highest BCUT2D eigenvalue weighted by atomic mass is 19.4. The Morgan fingerprint density at radius 1 is 1.16 bits per heavy atom. The van der Waals surface area contributed by atoms with E-state index in [1.54, 1.807) is 0 Å². The summed E-state index contributed by atoms with van der Waals surface area (Å²) in [6.07, 6.45) is -10.7. The highest BCUT2D eigenvalue weighted by molar-refractivity contribution is 5.72. The fraction of sp³-hybridized carbons (Fsp3) is 0.250. The first-order chi connectivity index (χ1) is 8.37. The van der Waals surface area contributed by atoms with Crippen LogP contribution in [-0.2, 0) is 12.4 Å². The minimum atomic E-state index is -5.34. The summed E-state index contributed by atoms with van der Waals surface area (Å²) in [5.74, 6) is -1.83. The maximum absolute atomic E-state index is 12.4. The van der Waals surface area contributed by atoms with Gasteiger partial charge in [0.05, 0.1) is 4.92 Å². The number of phenolic OH excluding ortho intramolecular Hbond substituents is 1. The minimum Gasteiger partial charge on any atom is -0.507 e. The Hall–Kier alpha value is -2.20. The van der Waals surface area contributed by atoms with Crippen molar-refractivity contribution in [2.75, 3.05) is 5.73 Å². The van der Waals surface area contributed by atoms with Crippen LogP contribution in [-0.4, -0.2) is 10.0 Å². The van der Waals surface area contributed by atoms with Gasteiger partial charge in [0.2, 0.25) is 0 Å². The molecular weight excluding hydrogens is 286 g/mol. The number of nitro groups is 1. The third-order valence-electron chi connectivity index (χ3n) is 2.09. The van der Waals surface area contributed by atoms with E-state index in [-0.39, 0.29) is 6.07 Å². The largest absolute Gasteiger partial charge is 0.507 e. The highest BCUT2D eigenvalue weighted by Gasteiger charge is 2.46. The molecule has 0 heterocycles. The van der Waals surface area contributed by atoms with Crippen molar-refractivity contribution in [3.63, 3.8) is 0 Å². The lowest BCUT2D eigenvalue weighted by molar-refractivity contribution is -0.387. The van der Waals surface area contributed by atoms with E-state index >= 15 is 0 Å². The quantitative estimate of drug-likeness (QED) is 0.360. The second-order valence-corrected chi connectivity index (χ2v) is 3.33. The van der Waals surface area contributed by atoms with Gasteiger partial charge in [-0.05, 0) is 6.07 Å².